The molecule has 0 spiro atoms. The van der Waals surface area contributed by atoms with Crippen molar-refractivity contribution in [1.29, 1.82) is 0 Å². The van der Waals surface area contributed by atoms with Crippen molar-refractivity contribution >= 4 is 44.1 Å². The largest absolute Gasteiger partial charge is 0.494 e. The maximum absolute atomic E-state index is 11.4. The van der Waals surface area contributed by atoms with E-state index in [-0.39, 0.29) is 24.8 Å². The zero-order valence-corrected chi connectivity index (χ0v) is 20.5. The summed E-state index contributed by atoms with van der Waals surface area (Å²) in [6.07, 6.45) is -0.329. The second-order valence-electron chi connectivity index (χ2n) is 9.39. The molecule has 36 heavy (non-hydrogen) atoms. The molecule has 9 nitrogen and oxygen atoms in total. The highest BCUT2D eigenvalue weighted by Gasteiger charge is 2.66. The minimum absolute atomic E-state index is 0.124. The van der Waals surface area contributed by atoms with Crippen LogP contribution in [0, 0.1) is 0 Å². The third-order valence-electron chi connectivity index (χ3n) is 7.36. The number of hydrogen-bond acceptors (Lipinski definition) is 9. The Hall–Kier alpha value is -3.31. The van der Waals surface area contributed by atoms with E-state index in [2.05, 4.69) is 10.1 Å². The first-order valence-electron chi connectivity index (χ1n) is 11.4. The van der Waals surface area contributed by atoms with Crippen LogP contribution in [0.1, 0.15) is 30.9 Å². The molecule has 11 heteroatoms. The second kappa shape index (κ2) is 7.36. The van der Waals surface area contributed by atoms with Gasteiger partial charge in [0, 0.05) is 17.9 Å². The fourth-order valence-electron chi connectivity index (χ4n) is 5.65. The van der Waals surface area contributed by atoms with Crippen molar-refractivity contribution in [3.8, 4) is 23.3 Å². The average Bonchev–Trinajstić information content (AvgIpc) is 3.62. The Bertz CT molecular complexity index is 1680. The lowest BCUT2D eigenvalue weighted by Crippen LogP contribution is -2.33. The molecule has 2 bridgehead atoms. The molecule has 5 aromatic rings. The summed E-state index contributed by atoms with van der Waals surface area (Å²) in [7, 11) is 0. The predicted octanol–water partition coefficient (Wildman–Crippen LogP) is 4.97. The number of thiazole rings is 1. The lowest BCUT2D eigenvalue weighted by atomic mass is 9.76. The molecule has 3 aromatic heterocycles. The number of halogens is 1. The molecular formula is C25H20ClN3O6S. The van der Waals surface area contributed by atoms with Crippen molar-refractivity contribution in [3.05, 3.63) is 58.1 Å². The molecule has 2 aliphatic rings. The van der Waals surface area contributed by atoms with E-state index in [1.54, 1.807) is 36.7 Å². The van der Waals surface area contributed by atoms with Crippen molar-refractivity contribution in [2.24, 2.45) is 0 Å². The summed E-state index contributed by atoms with van der Waals surface area (Å²) in [5.41, 5.74) is 2.35. The van der Waals surface area contributed by atoms with Gasteiger partial charge < -0.3 is 29.3 Å². The third-order valence-corrected chi connectivity index (χ3v) is 8.38. The summed E-state index contributed by atoms with van der Waals surface area (Å²) in [4.78, 5) is 4.29. The molecule has 5 heterocycles. The molecule has 1 fully saturated rings. The number of benzene rings is 2. The van der Waals surface area contributed by atoms with Gasteiger partial charge >= 0.3 is 0 Å². The lowest BCUT2D eigenvalue weighted by Gasteiger charge is -2.26. The molecule has 0 amide bonds. The summed E-state index contributed by atoms with van der Waals surface area (Å²) >= 11 is 7.58. The van der Waals surface area contributed by atoms with Crippen molar-refractivity contribution in [2.75, 3.05) is 6.61 Å². The van der Waals surface area contributed by atoms with Crippen molar-refractivity contribution in [2.45, 2.75) is 37.1 Å². The Labute approximate surface area is 213 Å². The van der Waals surface area contributed by atoms with E-state index in [1.165, 1.54) is 15.9 Å². The summed E-state index contributed by atoms with van der Waals surface area (Å²) in [6, 6.07) is 10.6. The summed E-state index contributed by atoms with van der Waals surface area (Å²) in [5.74, 6) is 0.0131. The second-order valence-corrected chi connectivity index (χ2v) is 10.7. The van der Waals surface area contributed by atoms with Gasteiger partial charge in [-0.1, -0.05) is 11.6 Å². The molecule has 0 aliphatic carbocycles. The first-order valence-corrected chi connectivity index (χ1v) is 12.6. The van der Waals surface area contributed by atoms with Gasteiger partial charge in [0.1, 0.15) is 11.2 Å². The van der Waals surface area contributed by atoms with Crippen LogP contribution >= 0.6 is 22.9 Å². The number of nitrogens with zero attached hydrogens (tertiary/aromatic N) is 3. The molecule has 184 valence electrons. The Morgan fingerprint density at radius 3 is 2.89 bits per heavy atom. The van der Waals surface area contributed by atoms with E-state index in [0.29, 0.717) is 45.1 Å². The van der Waals surface area contributed by atoms with Crippen LogP contribution < -0.4 is 4.74 Å². The molecule has 1 saturated heterocycles. The first-order chi connectivity index (χ1) is 17.3. The van der Waals surface area contributed by atoms with Crippen LogP contribution in [0.4, 0.5) is 0 Å². The quantitative estimate of drug-likeness (QED) is 0.294. The number of ether oxygens (including phenoxy) is 2. The third kappa shape index (κ3) is 2.83. The van der Waals surface area contributed by atoms with Crippen LogP contribution in [0.2, 0.25) is 5.02 Å². The highest BCUT2D eigenvalue weighted by atomic mass is 35.5. The number of hydrogen-bond donors (Lipinski definition) is 3. The van der Waals surface area contributed by atoms with E-state index in [4.69, 9.17) is 25.6 Å². The van der Waals surface area contributed by atoms with Gasteiger partial charge in [0.25, 0.3) is 5.88 Å². The Kier molecular flexibility index (Phi) is 4.48. The molecule has 3 atom stereocenters. The summed E-state index contributed by atoms with van der Waals surface area (Å²) < 4.78 is 19.9. The fourth-order valence-corrected chi connectivity index (χ4v) is 6.54. The minimum Gasteiger partial charge on any atom is -0.494 e. The zero-order valence-electron chi connectivity index (χ0n) is 18.9. The number of aliphatic hydroxyl groups is 1. The number of aromatic hydroxyl groups is 2. The van der Waals surface area contributed by atoms with Crippen molar-refractivity contribution in [1.82, 2.24) is 14.7 Å². The highest BCUT2D eigenvalue weighted by molar-refractivity contribution is 7.16. The Balaban J connectivity index is 1.26. The molecule has 2 aliphatic heterocycles. The Morgan fingerprint density at radius 2 is 2.03 bits per heavy atom. The monoisotopic (exact) mass is 525 g/mol. The molecule has 0 saturated carbocycles. The standard InChI is InChI=1S/C25H20ClN3O6S/c1-24-18(30)10-25(35-24,6-7-33-21-14-8-12(26)2-5-16(14)34-28-21)20-19(24)22(31)29(23(20)32)13-3-4-15-17(9-13)36-11-27-15/h2-5,8-9,11,18,30-32H,6-7,10H2,1H3/t18-,24-,25+/m1/s1. The Morgan fingerprint density at radius 1 is 1.19 bits per heavy atom. The van der Waals surface area contributed by atoms with Crippen molar-refractivity contribution in [3.63, 3.8) is 0 Å². The van der Waals surface area contributed by atoms with E-state index in [9.17, 15) is 15.3 Å². The SMILES string of the molecule is C[C@@]12O[C@@](CCOc3noc4ccc(Cl)cc34)(C[C@H]1O)c1c2c(O)n(-c2ccc3ncsc3c2)c1O. The number of rotatable bonds is 5. The first kappa shape index (κ1) is 21.9. The van der Waals surface area contributed by atoms with Gasteiger partial charge in [-0.3, -0.25) is 4.57 Å². The molecule has 2 aromatic carbocycles. The van der Waals surface area contributed by atoms with Gasteiger partial charge in [0.15, 0.2) is 5.58 Å². The van der Waals surface area contributed by atoms with E-state index >= 15 is 0 Å². The van der Waals surface area contributed by atoms with Crippen LogP contribution in [0.5, 0.6) is 17.6 Å². The average molecular weight is 526 g/mol. The van der Waals surface area contributed by atoms with Gasteiger partial charge in [0.2, 0.25) is 11.8 Å². The molecular weight excluding hydrogens is 506 g/mol. The molecule has 3 N–H and O–H groups in total. The van der Waals surface area contributed by atoms with E-state index in [0.717, 1.165) is 10.2 Å². The maximum atomic E-state index is 11.4. The predicted molar refractivity (Wildman–Crippen MR) is 132 cm³/mol. The normalized spacial score (nSPS) is 24.7. The van der Waals surface area contributed by atoms with Crippen LogP contribution in [0.3, 0.4) is 0 Å². The molecule has 0 radical (unpaired) electrons. The summed E-state index contributed by atoms with van der Waals surface area (Å²) in [5, 5.41) is 38.8. The molecule has 0 unspecified atom stereocenters. The fraction of sp³-hybridized carbons (Fsp3) is 0.280. The smallest absolute Gasteiger partial charge is 0.262 e. The van der Waals surface area contributed by atoms with E-state index < -0.39 is 17.3 Å². The zero-order chi connectivity index (χ0) is 24.8. The van der Waals surface area contributed by atoms with Gasteiger partial charge in [-0.25, -0.2) is 4.98 Å². The van der Waals surface area contributed by atoms with Gasteiger partial charge in [-0.05, 0) is 48.5 Å². The van der Waals surface area contributed by atoms with Crippen LogP contribution in [0.15, 0.2) is 46.4 Å². The highest BCUT2D eigenvalue weighted by Crippen LogP contribution is 2.65. The van der Waals surface area contributed by atoms with Crippen LogP contribution in [0.25, 0.3) is 26.9 Å². The molecule has 7 rings (SSSR count). The summed E-state index contributed by atoms with van der Waals surface area (Å²) in [6.45, 7) is 1.89. The van der Waals surface area contributed by atoms with Crippen LogP contribution in [-0.2, 0) is 15.9 Å². The minimum atomic E-state index is -1.18. The van der Waals surface area contributed by atoms with Gasteiger partial charge in [-0.15, -0.1) is 11.3 Å². The number of aliphatic hydroxyl groups excluding tert-OH is 1. The van der Waals surface area contributed by atoms with Gasteiger partial charge in [-0.2, -0.15) is 0 Å². The maximum Gasteiger partial charge on any atom is 0.262 e. The van der Waals surface area contributed by atoms with E-state index in [1.807, 2.05) is 12.1 Å². The van der Waals surface area contributed by atoms with Crippen LogP contribution in [-0.4, -0.2) is 42.7 Å². The number of aromatic nitrogens is 3. The number of fused-ring (bicyclic) bond motifs is 7. The van der Waals surface area contributed by atoms with Gasteiger partial charge in [0.05, 0.1) is 50.6 Å². The topological polar surface area (TPSA) is 123 Å². The van der Waals surface area contributed by atoms with Crippen molar-refractivity contribution < 1.29 is 29.3 Å². The lowest BCUT2D eigenvalue weighted by molar-refractivity contribution is -0.107.